The Morgan fingerprint density at radius 2 is 1.26 bits per heavy atom. The van der Waals surface area contributed by atoms with Crippen LogP contribution in [0.4, 0.5) is 21.0 Å². The van der Waals surface area contributed by atoms with Crippen molar-refractivity contribution in [2.24, 2.45) is 13.5 Å². The molecule has 0 aromatic heterocycles. The Kier molecular flexibility index (Phi) is 4.61. The zero-order valence-corrected chi connectivity index (χ0v) is 12.5. The molecule has 1 atom stereocenters. The van der Waals surface area contributed by atoms with Gasteiger partial charge in [0, 0.05) is 0 Å². The number of rotatable bonds is 2. The molecule has 1 saturated carbocycles. The van der Waals surface area contributed by atoms with Crippen LogP contribution in [0.15, 0.2) is 13.5 Å². The van der Waals surface area contributed by atoms with Crippen molar-refractivity contribution in [1.29, 1.82) is 0 Å². The maximum Gasteiger partial charge on any atom is 0.425 e. The molecule has 2 aliphatic rings. The van der Waals surface area contributed by atoms with Crippen LogP contribution in [-0.4, -0.2) is 6.10 Å². The molecular weight excluding hydrogens is 330 g/mol. The van der Waals surface area contributed by atoms with Crippen molar-refractivity contribution >= 4 is 23.4 Å². The van der Waals surface area contributed by atoms with E-state index in [4.69, 9.17) is 4.52 Å². The zero-order chi connectivity index (χ0) is 14.1. The van der Waals surface area contributed by atoms with Crippen LogP contribution in [0.5, 0.6) is 0 Å². The molecule has 0 aromatic rings. The van der Waals surface area contributed by atoms with E-state index >= 15 is 0 Å². The number of hydrogen-bond acceptors (Lipinski definition) is 4. The fraction of sp³-hybridized carbons (Fsp3) is 1.00. The average Bonchev–Trinajstić information content (AvgIpc) is 2.39. The minimum absolute atomic E-state index is 0.460. The Morgan fingerprint density at radius 3 is 1.79 bits per heavy atom. The summed E-state index contributed by atoms with van der Waals surface area (Å²) < 4.78 is 77.8. The lowest BCUT2D eigenvalue weighted by Crippen LogP contribution is -2.08. The van der Waals surface area contributed by atoms with Gasteiger partial charge in [-0.05, 0) is 12.8 Å². The number of halogens is 5. The summed E-state index contributed by atoms with van der Waals surface area (Å²) in [6.45, 7) is 0. The van der Waals surface area contributed by atoms with Gasteiger partial charge in [-0.3, -0.25) is 4.52 Å². The molecule has 19 heavy (non-hydrogen) atoms. The van der Waals surface area contributed by atoms with Gasteiger partial charge in [0.1, 0.15) is 0 Å². The van der Waals surface area contributed by atoms with Crippen LogP contribution in [-0.2, 0) is 4.52 Å². The molecule has 4 nitrogen and oxygen atoms in total. The third-order valence-electron chi connectivity index (χ3n) is 2.74. The van der Waals surface area contributed by atoms with Crippen LogP contribution in [0.1, 0.15) is 38.5 Å². The van der Waals surface area contributed by atoms with E-state index in [0.29, 0.717) is 12.8 Å². The monoisotopic (exact) mass is 343 g/mol. The van der Waals surface area contributed by atoms with Gasteiger partial charge in [-0.1, -0.05) is 25.7 Å². The van der Waals surface area contributed by atoms with Crippen LogP contribution in [0, 0.1) is 0 Å². The van der Waals surface area contributed by atoms with E-state index in [2.05, 4.69) is 9.03 Å². The molecule has 0 radical (unpaired) electrons. The summed E-state index contributed by atoms with van der Waals surface area (Å²) in [4.78, 5) is 0. The second-order valence-corrected chi connectivity index (χ2v) is 9.50. The highest BCUT2D eigenvalue weighted by molar-refractivity contribution is 7.77. The maximum absolute atomic E-state index is 14.1. The van der Waals surface area contributed by atoms with Crippen molar-refractivity contribution in [3.8, 4) is 0 Å². The summed E-state index contributed by atoms with van der Waals surface area (Å²) in [5.74, 6) is 0. The summed E-state index contributed by atoms with van der Waals surface area (Å²) in [6.07, 6.45) is 3.65. The highest BCUT2D eigenvalue weighted by Gasteiger charge is 2.41. The van der Waals surface area contributed by atoms with E-state index in [-0.39, 0.29) is 0 Å². The highest BCUT2D eigenvalue weighted by Crippen LogP contribution is 2.82. The molecule has 0 saturated heterocycles. The van der Waals surface area contributed by atoms with Crippen molar-refractivity contribution in [3.05, 3.63) is 0 Å². The van der Waals surface area contributed by atoms with Crippen molar-refractivity contribution in [2.45, 2.75) is 44.6 Å². The normalized spacial score (nSPS) is 34.6. The topological polar surface area (TPSA) is 46.3 Å². The fourth-order valence-corrected chi connectivity index (χ4v) is 7.51. The molecule has 1 heterocycles. The van der Waals surface area contributed by atoms with Crippen molar-refractivity contribution in [2.75, 3.05) is 0 Å². The first-order valence-electron chi connectivity index (χ1n) is 5.78. The van der Waals surface area contributed by atoms with Gasteiger partial charge < -0.3 is 0 Å². The van der Waals surface area contributed by atoms with Gasteiger partial charge in [0.2, 0.25) is 0 Å². The van der Waals surface area contributed by atoms with Crippen molar-refractivity contribution in [1.82, 2.24) is 0 Å². The third-order valence-corrected chi connectivity index (χ3v) is 8.51. The summed E-state index contributed by atoms with van der Waals surface area (Å²) in [5, 5.41) is 0. The molecule has 0 amide bonds. The maximum atomic E-state index is 14.1. The van der Waals surface area contributed by atoms with Crippen LogP contribution in [0.2, 0.25) is 0 Å². The summed E-state index contributed by atoms with van der Waals surface area (Å²) in [6, 6.07) is 0. The first-order valence-corrected chi connectivity index (χ1v) is 10.2. The van der Waals surface area contributed by atoms with E-state index < -0.39 is 29.5 Å². The van der Waals surface area contributed by atoms with Gasteiger partial charge in [-0.2, -0.15) is 4.20 Å². The quantitative estimate of drug-likeness (QED) is 0.292. The van der Waals surface area contributed by atoms with Gasteiger partial charge >= 0.3 is 23.4 Å². The molecule has 1 aliphatic carbocycles. The minimum Gasteiger partial charge on any atom is -0.300 e. The fourth-order valence-electron chi connectivity index (χ4n) is 2.03. The van der Waals surface area contributed by atoms with Gasteiger partial charge in [-0.15, -0.1) is 30.3 Å². The number of hydrogen-bond donors (Lipinski definition) is 0. The van der Waals surface area contributed by atoms with E-state index in [9.17, 15) is 21.0 Å². The van der Waals surface area contributed by atoms with Gasteiger partial charge in [0.25, 0.3) is 0 Å². The molecule has 112 valence electrons. The van der Waals surface area contributed by atoms with Crippen LogP contribution in [0.3, 0.4) is 0 Å². The number of nitrogens with zero attached hydrogens (tertiary/aromatic N) is 3. The molecule has 0 bridgehead atoms. The molecule has 0 aromatic carbocycles. The van der Waals surface area contributed by atoms with Gasteiger partial charge in [-0.25, -0.2) is 0 Å². The SMILES string of the molecule is FP1(F)=NP(F)(F)=NP(F)(OC2CCCCCC2)=N1. The van der Waals surface area contributed by atoms with E-state index in [1.165, 1.54) is 0 Å². The standard InChI is InChI=1S/C7H13F5N3OP3/c8-17(9)13-18(10,11)15-19(12,14-17)16-7-5-3-1-2-4-6-7/h7H,1-6H2. The second kappa shape index (κ2) is 5.59. The Labute approximate surface area is 108 Å². The largest absolute Gasteiger partial charge is 0.425 e. The zero-order valence-electron chi connectivity index (χ0n) is 9.80. The van der Waals surface area contributed by atoms with Gasteiger partial charge in [0.05, 0.1) is 6.10 Å². The van der Waals surface area contributed by atoms with E-state index in [1.54, 1.807) is 0 Å². The third kappa shape index (κ3) is 4.66. The Balaban J connectivity index is 2.25. The lowest BCUT2D eigenvalue weighted by atomic mass is 10.2. The minimum atomic E-state index is -5.65. The first kappa shape index (κ1) is 15.7. The molecule has 12 heteroatoms. The smallest absolute Gasteiger partial charge is 0.300 e. The molecule has 2 rings (SSSR count). The van der Waals surface area contributed by atoms with Crippen LogP contribution >= 0.6 is 23.4 Å². The Bertz CT molecular complexity index is 497. The first-order chi connectivity index (χ1) is 8.70. The average molecular weight is 343 g/mol. The lowest BCUT2D eigenvalue weighted by Gasteiger charge is -2.21. The predicted molar refractivity (Wildman–Crippen MR) is 66.2 cm³/mol. The second-order valence-electron chi connectivity index (χ2n) is 4.37. The molecule has 0 N–H and O–H groups in total. The molecule has 1 unspecified atom stereocenters. The Morgan fingerprint density at radius 1 is 0.737 bits per heavy atom. The lowest BCUT2D eigenvalue weighted by molar-refractivity contribution is 0.190. The van der Waals surface area contributed by atoms with Crippen LogP contribution in [0.25, 0.3) is 0 Å². The predicted octanol–water partition coefficient (Wildman–Crippen LogP) is 7.43. The summed E-state index contributed by atoms with van der Waals surface area (Å²) >= 11 is 0. The molecule has 1 aliphatic heterocycles. The van der Waals surface area contributed by atoms with Crippen molar-refractivity contribution in [3.63, 3.8) is 0 Å². The Hall–Kier alpha value is 0.300. The van der Waals surface area contributed by atoms with E-state index in [0.717, 1.165) is 25.7 Å². The molecule has 0 spiro atoms. The highest BCUT2D eigenvalue weighted by atomic mass is 31.3. The molecular formula is C7H13F5N3OP3. The van der Waals surface area contributed by atoms with Gasteiger partial charge in [0.15, 0.2) is 0 Å². The summed E-state index contributed by atoms with van der Waals surface area (Å²) in [7, 11) is -16.2. The summed E-state index contributed by atoms with van der Waals surface area (Å²) in [5.41, 5.74) is 0. The van der Waals surface area contributed by atoms with Crippen LogP contribution < -0.4 is 0 Å². The molecule has 1 fully saturated rings. The van der Waals surface area contributed by atoms with Crippen molar-refractivity contribution < 1.29 is 25.5 Å². The van der Waals surface area contributed by atoms with E-state index in [1.807, 2.05) is 4.52 Å².